The van der Waals surface area contributed by atoms with E-state index < -0.39 is 9.84 Å². The minimum atomic E-state index is -3.12. The van der Waals surface area contributed by atoms with Gasteiger partial charge in [-0.15, -0.1) is 0 Å². The first kappa shape index (κ1) is 18.4. The number of halogens is 1. The third-order valence-corrected chi connectivity index (χ3v) is 6.24. The highest BCUT2D eigenvalue weighted by molar-refractivity contribution is 7.91. The largest absolute Gasteiger partial charge is 0.376 e. The quantitative estimate of drug-likeness (QED) is 0.871. The highest BCUT2D eigenvalue weighted by Crippen LogP contribution is 2.24. The van der Waals surface area contributed by atoms with Crippen LogP contribution in [0.15, 0.2) is 48.5 Å². The highest BCUT2D eigenvalue weighted by Gasteiger charge is 2.35. The summed E-state index contributed by atoms with van der Waals surface area (Å²) in [6.07, 6.45) is 0.419. The maximum absolute atomic E-state index is 13.7. The standard InChI is InChI=1S/C19H21FN2O3S/c1-14-7-8-15(11-18(14)20)21-12-19(23)22(16-5-3-2-4-6-16)17-9-10-26(24,25)13-17/h2-8,11,17,21H,9-10,12-13H2,1H3/t17-/m0/s1. The topological polar surface area (TPSA) is 66.5 Å². The lowest BCUT2D eigenvalue weighted by Gasteiger charge is -2.28. The molecule has 3 rings (SSSR count). The van der Waals surface area contributed by atoms with Gasteiger partial charge in [-0.1, -0.05) is 24.3 Å². The molecule has 0 unspecified atom stereocenters. The molecule has 5 nitrogen and oxygen atoms in total. The lowest BCUT2D eigenvalue weighted by Crippen LogP contribution is -2.44. The fourth-order valence-corrected chi connectivity index (χ4v) is 4.79. The third-order valence-electron chi connectivity index (χ3n) is 4.49. The number of benzene rings is 2. The van der Waals surface area contributed by atoms with E-state index in [1.165, 1.54) is 6.07 Å². The Morgan fingerprint density at radius 2 is 1.96 bits per heavy atom. The Hall–Kier alpha value is -2.41. The summed E-state index contributed by atoms with van der Waals surface area (Å²) in [7, 11) is -3.12. The van der Waals surface area contributed by atoms with Gasteiger partial charge in [-0.3, -0.25) is 4.79 Å². The molecule has 2 aromatic rings. The summed E-state index contributed by atoms with van der Waals surface area (Å²) >= 11 is 0. The van der Waals surface area contributed by atoms with Gasteiger partial charge in [0.05, 0.1) is 24.1 Å². The van der Waals surface area contributed by atoms with Crippen LogP contribution in [0.4, 0.5) is 15.8 Å². The smallest absolute Gasteiger partial charge is 0.246 e. The van der Waals surface area contributed by atoms with Crippen LogP contribution in [-0.2, 0) is 14.6 Å². The summed E-state index contributed by atoms with van der Waals surface area (Å²) in [6.45, 7) is 1.62. The van der Waals surface area contributed by atoms with Gasteiger partial charge in [0.15, 0.2) is 9.84 Å². The first-order valence-electron chi connectivity index (χ1n) is 8.43. The summed E-state index contributed by atoms with van der Waals surface area (Å²) in [5.41, 5.74) is 1.70. The molecule has 0 bridgehead atoms. The maximum Gasteiger partial charge on any atom is 0.246 e. The fourth-order valence-electron chi connectivity index (χ4n) is 3.09. The number of aryl methyl sites for hydroxylation is 1. The molecule has 2 aromatic carbocycles. The lowest BCUT2D eigenvalue weighted by atomic mass is 10.1. The molecule has 7 heteroatoms. The van der Waals surface area contributed by atoms with Crippen molar-refractivity contribution in [3.8, 4) is 0 Å². The molecule has 1 aliphatic rings. The number of carbonyl (C=O) groups is 1. The van der Waals surface area contributed by atoms with Crippen molar-refractivity contribution in [2.24, 2.45) is 0 Å². The van der Waals surface area contributed by atoms with E-state index in [4.69, 9.17) is 0 Å². The number of hydrogen-bond acceptors (Lipinski definition) is 4. The first-order valence-corrected chi connectivity index (χ1v) is 10.3. The molecule has 0 saturated carbocycles. The fraction of sp³-hybridized carbons (Fsp3) is 0.316. The molecule has 0 aliphatic carbocycles. The third kappa shape index (κ3) is 4.22. The number of nitrogens with one attached hydrogen (secondary N) is 1. The van der Waals surface area contributed by atoms with E-state index in [1.807, 2.05) is 18.2 Å². The SMILES string of the molecule is Cc1ccc(NCC(=O)N(c2ccccc2)[C@H]2CCS(=O)(=O)C2)cc1F. The zero-order chi connectivity index (χ0) is 18.7. The van der Waals surface area contributed by atoms with E-state index >= 15 is 0 Å². The average molecular weight is 376 g/mol. The van der Waals surface area contributed by atoms with E-state index in [-0.39, 0.29) is 35.8 Å². The second-order valence-corrected chi connectivity index (χ2v) is 8.70. The van der Waals surface area contributed by atoms with Crippen molar-refractivity contribution in [1.29, 1.82) is 0 Å². The summed E-state index contributed by atoms with van der Waals surface area (Å²) < 4.78 is 37.4. The van der Waals surface area contributed by atoms with Gasteiger partial charge in [0.2, 0.25) is 5.91 Å². The van der Waals surface area contributed by atoms with Crippen molar-refractivity contribution in [1.82, 2.24) is 0 Å². The molecule has 0 aromatic heterocycles. The molecule has 1 aliphatic heterocycles. The minimum absolute atomic E-state index is 0.0349. The summed E-state index contributed by atoms with van der Waals surface area (Å²) in [5, 5.41) is 2.93. The molecule has 26 heavy (non-hydrogen) atoms. The summed E-state index contributed by atoms with van der Waals surface area (Å²) in [5.74, 6) is -0.541. The van der Waals surface area contributed by atoms with Gasteiger partial charge in [0.25, 0.3) is 0 Å². The molecule has 0 radical (unpaired) electrons. The van der Waals surface area contributed by atoms with E-state index in [2.05, 4.69) is 5.32 Å². The van der Waals surface area contributed by atoms with Crippen LogP contribution in [0.1, 0.15) is 12.0 Å². The van der Waals surface area contributed by atoms with E-state index in [9.17, 15) is 17.6 Å². The predicted molar refractivity (Wildman–Crippen MR) is 101 cm³/mol. The molecule has 1 saturated heterocycles. The second kappa shape index (κ2) is 7.45. The first-order chi connectivity index (χ1) is 12.4. The molecular formula is C19H21FN2O3S. The number of para-hydroxylation sites is 1. The summed E-state index contributed by atoms with van der Waals surface area (Å²) in [6, 6.07) is 13.3. The Bertz CT molecular complexity index is 900. The monoisotopic (exact) mass is 376 g/mol. The van der Waals surface area contributed by atoms with Crippen LogP contribution in [-0.4, -0.2) is 38.4 Å². The van der Waals surface area contributed by atoms with Crippen LogP contribution in [0, 0.1) is 12.7 Å². The van der Waals surface area contributed by atoms with E-state index in [0.29, 0.717) is 23.4 Å². The number of nitrogens with zero attached hydrogens (tertiary/aromatic N) is 1. The second-order valence-electron chi connectivity index (χ2n) is 6.47. The van der Waals surface area contributed by atoms with Crippen molar-refractivity contribution in [3.05, 3.63) is 59.9 Å². The van der Waals surface area contributed by atoms with Crippen LogP contribution in [0.25, 0.3) is 0 Å². The minimum Gasteiger partial charge on any atom is -0.376 e. The number of rotatable bonds is 5. The number of sulfone groups is 1. The lowest BCUT2D eigenvalue weighted by molar-refractivity contribution is -0.117. The Kier molecular flexibility index (Phi) is 5.27. The molecule has 138 valence electrons. The Morgan fingerprint density at radius 3 is 2.58 bits per heavy atom. The van der Waals surface area contributed by atoms with E-state index in [1.54, 1.807) is 36.1 Å². The number of amides is 1. The van der Waals surface area contributed by atoms with Crippen molar-refractivity contribution in [2.75, 3.05) is 28.3 Å². The molecule has 1 amide bonds. The highest BCUT2D eigenvalue weighted by atomic mass is 32.2. The Morgan fingerprint density at radius 1 is 1.23 bits per heavy atom. The van der Waals surface area contributed by atoms with Crippen LogP contribution < -0.4 is 10.2 Å². The van der Waals surface area contributed by atoms with Crippen LogP contribution in [0.3, 0.4) is 0 Å². The van der Waals surface area contributed by atoms with Gasteiger partial charge in [0, 0.05) is 11.4 Å². The van der Waals surface area contributed by atoms with Gasteiger partial charge in [-0.25, -0.2) is 12.8 Å². The zero-order valence-electron chi connectivity index (χ0n) is 14.5. The Labute approximate surface area is 152 Å². The van der Waals surface area contributed by atoms with Gasteiger partial charge in [-0.2, -0.15) is 0 Å². The number of anilines is 2. The van der Waals surface area contributed by atoms with E-state index in [0.717, 1.165) is 0 Å². The molecule has 1 fully saturated rings. The Balaban J connectivity index is 1.78. The van der Waals surface area contributed by atoms with Crippen molar-refractivity contribution in [2.45, 2.75) is 19.4 Å². The van der Waals surface area contributed by atoms with Crippen LogP contribution >= 0.6 is 0 Å². The van der Waals surface area contributed by atoms with Gasteiger partial charge >= 0.3 is 0 Å². The summed E-state index contributed by atoms with van der Waals surface area (Å²) in [4.78, 5) is 14.4. The molecule has 1 atom stereocenters. The van der Waals surface area contributed by atoms with Gasteiger partial charge in [-0.05, 0) is 43.2 Å². The van der Waals surface area contributed by atoms with Crippen LogP contribution in [0.2, 0.25) is 0 Å². The molecule has 1 heterocycles. The maximum atomic E-state index is 13.7. The number of hydrogen-bond donors (Lipinski definition) is 1. The average Bonchev–Trinajstić information content (AvgIpc) is 2.96. The van der Waals surface area contributed by atoms with Crippen LogP contribution in [0.5, 0.6) is 0 Å². The van der Waals surface area contributed by atoms with Gasteiger partial charge < -0.3 is 10.2 Å². The number of carbonyl (C=O) groups excluding carboxylic acids is 1. The van der Waals surface area contributed by atoms with Crippen molar-refractivity contribution < 1.29 is 17.6 Å². The molecular weight excluding hydrogens is 355 g/mol. The zero-order valence-corrected chi connectivity index (χ0v) is 15.3. The molecule has 1 N–H and O–H groups in total. The van der Waals surface area contributed by atoms with Crippen molar-refractivity contribution in [3.63, 3.8) is 0 Å². The molecule has 0 spiro atoms. The predicted octanol–water partition coefficient (Wildman–Crippen LogP) is 2.77. The normalized spacial score (nSPS) is 18.5. The van der Waals surface area contributed by atoms with Crippen molar-refractivity contribution >= 4 is 27.1 Å². The van der Waals surface area contributed by atoms with Gasteiger partial charge in [0.1, 0.15) is 5.82 Å².